The highest BCUT2D eigenvalue weighted by molar-refractivity contribution is 9.10. The van der Waals surface area contributed by atoms with Crippen molar-refractivity contribution in [1.82, 2.24) is 0 Å². The Bertz CT molecular complexity index is 607. The molecule has 2 nitrogen and oxygen atoms in total. The highest BCUT2D eigenvalue weighted by atomic mass is 79.9. The summed E-state index contributed by atoms with van der Waals surface area (Å²) in [5.74, 6) is 0.580. The third kappa shape index (κ3) is 1.90. The molecule has 0 heterocycles. The molecule has 0 aromatic heterocycles. The minimum absolute atomic E-state index is 0.251. The summed E-state index contributed by atoms with van der Waals surface area (Å²) in [4.78, 5) is 25.1. The first-order valence-corrected chi connectivity index (χ1v) is 8.06. The Balaban J connectivity index is 2.00. The maximum absolute atomic E-state index is 12.9. The number of carbonyl (C=O) groups excluding carboxylic acids is 2. The van der Waals surface area contributed by atoms with E-state index in [1.54, 1.807) is 0 Å². The van der Waals surface area contributed by atoms with Crippen LogP contribution in [0, 0.1) is 10.8 Å². The van der Waals surface area contributed by atoms with Gasteiger partial charge in [0.15, 0.2) is 5.78 Å². The van der Waals surface area contributed by atoms with Crippen LogP contribution < -0.4 is 0 Å². The normalized spacial score (nSPS) is 32.8. The SMILES string of the molecule is CCC1(C)CC2(CCC1=O)Cc1ccc(Br)cc1C2=O. The van der Waals surface area contributed by atoms with Crippen LogP contribution in [-0.4, -0.2) is 11.6 Å². The lowest BCUT2D eigenvalue weighted by molar-refractivity contribution is -0.133. The van der Waals surface area contributed by atoms with Gasteiger partial charge >= 0.3 is 0 Å². The second-order valence-electron chi connectivity index (χ2n) is 6.60. The molecule has 2 aliphatic rings. The van der Waals surface area contributed by atoms with E-state index in [1.807, 2.05) is 25.1 Å². The fraction of sp³-hybridized carbons (Fsp3) is 0.529. The van der Waals surface area contributed by atoms with E-state index in [-0.39, 0.29) is 16.6 Å². The predicted molar refractivity (Wildman–Crippen MR) is 81.9 cm³/mol. The first kappa shape index (κ1) is 14.0. The van der Waals surface area contributed by atoms with Crippen molar-refractivity contribution in [3.05, 3.63) is 33.8 Å². The maximum atomic E-state index is 12.9. The molecule has 2 unspecified atom stereocenters. The van der Waals surface area contributed by atoms with Crippen LogP contribution in [0.25, 0.3) is 0 Å². The van der Waals surface area contributed by atoms with Crippen LogP contribution >= 0.6 is 15.9 Å². The van der Waals surface area contributed by atoms with E-state index in [2.05, 4.69) is 22.9 Å². The molecule has 1 spiro atoms. The van der Waals surface area contributed by atoms with Gasteiger partial charge in [-0.1, -0.05) is 35.8 Å². The van der Waals surface area contributed by atoms with E-state index >= 15 is 0 Å². The van der Waals surface area contributed by atoms with Crippen molar-refractivity contribution in [2.75, 3.05) is 0 Å². The van der Waals surface area contributed by atoms with Gasteiger partial charge in [-0.25, -0.2) is 0 Å². The van der Waals surface area contributed by atoms with Crippen molar-refractivity contribution in [2.45, 2.75) is 46.0 Å². The second-order valence-corrected chi connectivity index (χ2v) is 7.52. The molecule has 3 rings (SSSR count). The summed E-state index contributed by atoms with van der Waals surface area (Å²) < 4.78 is 0.951. The molecule has 20 heavy (non-hydrogen) atoms. The van der Waals surface area contributed by atoms with Gasteiger partial charge in [0.25, 0.3) is 0 Å². The highest BCUT2D eigenvalue weighted by Gasteiger charge is 2.53. The van der Waals surface area contributed by atoms with Crippen LogP contribution in [-0.2, 0) is 11.2 Å². The Morgan fingerprint density at radius 2 is 2.05 bits per heavy atom. The van der Waals surface area contributed by atoms with Crippen molar-refractivity contribution in [3.63, 3.8) is 0 Å². The number of carbonyl (C=O) groups is 2. The third-order valence-electron chi connectivity index (χ3n) is 5.34. The molecule has 0 saturated heterocycles. The summed E-state index contributed by atoms with van der Waals surface area (Å²) in [6, 6.07) is 5.98. The summed E-state index contributed by atoms with van der Waals surface area (Å²) >= 11 is 3.44. The van der Waals surface area contributed by atoms with Crippen molar-refractivity contribution in [3.8, 4) is 0 Å². The van der Waals surface area contributed by atoms with Crippen LogP contribution in [0.5, 0.6) is 0 Å². The number of hydrogen-bond acceptors (Lipinski definition) is 2. The van der Waals surface area contributed by atoms with Gasteiger partial charge in [0.2, 0.25) is 0 Å². The van der Waals surface area contributed by atoms with E-state index in [1.165, 1.54) is 0 Å². The minimum Gasteiger partial charge on any atom is -0.299 e. The zero-order valence-electron chi connectivity index (χ0n) is 12.0. The topological polar surface area (TPSA) is 34.1 Å². The van der Waals surface area contributed by atoms with E-state index < -0.39 is 0 Å². The average Bonchev–Trinajstić information content (AvgIpc) is 2.68. The average molecular weight is 335 g/mol. The Kier molecular flexibility index (Phi) is 3.16. The molecule has 0 bridgehead atoms. The van der Waals surface area contributed by atoms with Gasteiger partial charge in [0.1, 0.15) is 5.78 Å². The third-order valence-corrected chi connectivity index (χ3v) is 5.83. The van der Waals surface area contributed by atoms with Gasteiger partial charge in [0, 0.05) is 27.3 Å². The Morgan fingerprint density at radius 3 is 2.75 bits per heavy atom. The minimum atomic E-state index is -0.332. The lowest BCUT2D eigenvalue weighted by atomic mass is 9.59. The smallest absolute Gasteiger partial charge is 0.169 e. The van der Waals surface area contributed by atoms with Gasteiger partial charge in [0.05, 0.1) is 0 Å². The molecule has 106 valence electrons. The number of benzene rings is 1. The molecule has 0 amide bonds. The van der Waals surface area contributed by atoms with Crippen LogP contribution in [0.1, 0.15) is 55.5 Å². The van der Waals surface area contributed by atoms with Crippen LogP contribution in [0.3, 0.4) is 0 Å². The van der Waals surface area contributed by atoms with Gasteiger partial charge in [-0.05, 0) is 43.4 Å². The molecule has 3 heteroatoms. The summed E-state index contributed by atoms with van der Waals surface area (Å²) in [7, 11) is 0. The molecule has 1 saturated carbocycles. The number of halogens is 1. The van der Waals surface area contributed by atoms with Gasteiger partial charge in [-0.3, -0.25) is 9.59 Å². The van der Waals surface area contributed by atoms with Crippen LogP contribution in [0.15, 0.2) is 22.7 Å². The maximum Gasteiger partial charge on any atom is 0.169 e. The quantitative estimate of drug-likeness (QED) is 0.765. The number of ketones is 2. The second kappa shape index (κ2) is 4.52. The molecular formula is C17H19BrO2. The van der Waals surface area contributed by atoms with E-state index in [4.69, 9.17) is 0 Å². The Morgan fingerprint density at radius 1 is 1.30 bits per heavy atom. The monoisotopic (exact) mass is 334 g/mol. The fourth-order valence-electron chi connectivity index (χ4n) is 3.90. The number of fused-ring (bicyclic) bond motifs is 1. The zero-order valence-corrected chi connectivity index (χ0v) is 13.5. The van der Waals surface area contributed by atoms with E-state index in [0.717, 1.165) is 28.4 Å². The van der Waals surface area contributed by atoms with Crippen LogP contribution in [0.4, 0.5) is 0 Å². The number of hydrogen-bond donors (Lipinski definition) is 0. The fourth-order valence-corrected chi connectivity index (χ4v) is 4.26. The predicted octanol–water partition coefficient (Wildman–Crippen LogP) is 4.34. The lowest BCUT2D eigenvalue weighted by Gasteiger charge is -2.42. The lowest BCUT2D eigenvalue weighted by Crippen LogP contribution is -2.44. The van der Waals surface area contributed by atoms with Gasteiger partial charge in [-0.2, -0.15) is 0 Å². The Hall–Kier alpha value is -0.960. The molecule has 0 aliphatic heterocycles. The molecular weight excluding hydrogens is 316 g/mol. The molecule has 1 fully saturated rings. The summed E-state index contributed by atoms with van der Waals surface area (Å²) in [6.07, 6.45) is 3.59. The molecule has 2 atom stereocenters. The van der Waals surface area contributed by atoms with Crippen molar-refractivity contribution >= 4 is 27.5 Å². The van der Waals surface area contributed by atoms with Gasteiger partial charge < -0.3 is 0 Å². The largest absolute Gasteiger partial charge is 0.299 e. The molecule has 0 N–H and O–H groups in total. The molecule has 0 radical (unpaired) electrons. The standard InChI is InChI=1S/C17H19BrO2/c1-3-16(2)10-17(7-6-14(16)19)9-11-4-5-12(18)8-13(11)15(17)20/h4-5,8H,3,6-7,9-10H2,1-2H3. The first-order chi connectivity index (χ1) is 9.40. The summed E-state index contributed by atoms with van der Waals surface area (Å²) in [5, 5.41) is 0. The number of rotatable bonds is 1. The molecule has 2 aliphatic carbocycles. The Labute approximate surface area is 128 Å². The van der Waals surface area contributed by atoms with Crippen molar-refractivity contribution in [2.24, 2.45) is 10.8 Å². The number of Topliss-reactive ketones (excluding diaryl/α,β-unsaturated/α-hetero) is 2. The van der Waals surface area contributed by atoms with Crippen molar-refractivity contribution in [1.29, 1.82) is 0 Å². The van der Waals surface area contributed by atoms with Gasteiger partial charge in [-0.15, -0.1) is 0 Å². The zero-order chi connectivity index (χ0) is 14.5. The van der Waals surface area contributed by atoms with Crippen LogP contribution in [0.2, 0.25) is 0 Å². The van der Waals surface area contributed by atoms with E-state index in [0.29, 0.717) is 25.0 Å². The summed E-state index contributed by atoms with van der Waals surface area (Å²) in [5.41, 5.74) is 1.34. The molecule has 1 aromatic carbocycles. The first-order valence-electron chi connectivity index (χ1n) is 7.27. The van der Waals surface area contributed by atoms with E-state index in [9.17, 15) is 9.59 Å². The van der Waals surface area contributed by atoms with Crippen molar-refractivity contribution < 1.29 is 9.59 Å². The summed E-state index contributed by atoms with van der Waals surface area (Å²) in [6.45, 7) is 4.09. The highest BCUT2D eigenvalue weighted by Crippen LogP contribution is 2.53. The molecule has 1 aromatic rings.